The van der Waals surface area contributed by atoms with Crippen molar-refractivity contribution >= 4 is 17.2 Å². The van der Waals surface area contributed by atoms with Crippen LogP contribution in [-0.2, 0) is 26.4 Å². The highest BCUT2D eigenvalue weighted by Crippen LogP contribution is 2.32. The summed E-state index contributed by atoms with van der Waals surface area (Å²) in [6, 6.07) is 0. The standard InChI is InChI=1S/C15H19N3OS/c1-10-3-4-11-12(9-20-13(11)7-10)15(19)17-8-14-16-5-6-18(14)2/h5-6,9-10H,3-4,7-8H2,1-2H3,(H,17,19)/t10-/m0/s1. The van der Waals surface area contributed by atoms with E-state index in [0.29, 0.717) is 6.54 Å². The number of nitrogens with zero attached hydrogens (tertiary/aromatic N) is 2. The van der Waals surface area contributed by atoms with Crippen molar-refractivity contribution in [2.24, 2.45) is 13.0 Å². The van der Waals surface area contributed by atoms with E-state index < -0.39 is 0 Å². The Balaban J connectivity index is 1.70. The van der Waals surface area contributed by atoms with Gasteiger partial charge >= 0.3 is 0 Å². The molecular formula is C15H19N3OS. The zero-order chi connectivity index (χ0) is 14.1. The van der Waals surface area contributed by atoms with Gasteiger partial charge in [-0.05, 0) is 30.7 Å². The van der Waals surface area contributed by atoms with Gasteiger partial charge in [0, 0.05) is 29.7 Å². The second kappa shape index (κ2) is 5.40. The monoisotopic (exact) mass is 289 g/mol. The molecule has 0 unspecified atom stereocenters. The van der Waals surface area contributed by atoms with Crippen LogP contribution in [0.1, 0.15) is 40.0 Å². The molecule has 106 valence electrons. The fourth-order valence-electron chi connectivity index (χ4n) is 2.69. The van der Waals surface area contributed by atoms with Crippen molar-refractivity contribution in [3.8, 4) is 0 Å². The summed E-state index contributed by atoms with van der Waals surface area (Å²) >= 11 is 1.73. The minimum absolute atomic E-state index is 0.0278. The summed E-state index contributed by atoms with van der Waals surface area (Å²) in [6.45, 7) is 2.76. The van der Waals surface area contributed by atoms with Crippen molar-refractivity contribution in [3.63, 3.8) is 0 Å². The van der Waals surface area contributed by atoms with E-state index >= 15 is 0 Å². The van der Waals surface area contributed by atoms with Crippen LogP contribution >= 0.6 is 11.3 Å². The maximum Gasteiger partial charge on any atom is 0.252 e. The van der Waals surface area contributed by atoms with E-state index in [4.69, 9.17) is 0 Å². The van der Waals surface area contributed by atoms with E-state index in [0.717, 1.165) is 30.1 Å². The molecule has 3 rings (SSSR count). The molecule has 0 fully saturated rings. The Morgan fingerprint density at radius 1 is 1.60 bits per heavy atom. The average Bonchev–Trinajstić information content (AvgIpc) is 3.02. The van der Waals surface area contributed by atoms with Gasteiger partial charge in [0.15, 0.2) is 0 Å². The van der Waals surface area contributed by atoms with E-state index in [1.54, 1.807) is 17.5 Å². The molecule has 0 aromatic carbocycles. The molecule has 0 saturated carbocycles. The number of amides is 1. The molecule has 0 saturated heterocycles. The number of thiophene rings is 1. The highest BCUT2D eigenvalue weighted by Gasteiger charge is 2.23. The van der Waals surface area contributed by atoms with Gasteiger partial charge in [0.25, 0.3) is 5.91 Å². The number of hydrogen-bond acceptors (Lipinski definition) is 3. The molecule has 20 heavy (non-hydrogen) atoms. The van der Waals surface area contributed by atoms with Crippen LogP contribution in [0.15, 0.2) is 17.8 Å². The van der Waals surface area contributed by atoms with E-state index in [1.807, 2.05) is 23.2 Å². The Morgan fingerprint density at radius 2 is 2.45 bits per heavy atom. The van der Waals surface area contributed by atoms with Gasteiger partial charge in [0.1, 0.15) is 5.82 Å². The van der Waals surface area contributed by atoms with Crippen molar-refractivity contribution in [3.05, 3.63) is 39.6 Å². The molecular weight excluding hydrogens is 270 g/mol. The lowest BCUT2D eigenvalue weighted by atomic mass is 9.88. The molecule has 4 nitrogen and oxygen atoms in total. The van der Waals surface area contributed by atoms with Gasteiger partial charge in [-0.2, -0.15) is 0 Å². The third-order valence-corrected chi connectivity index (χ3v) is 5.03. The van der Waals surface area contributed by atoms with Crippen LogP contribution in [-0.4, -0.2) is 15.5 Å². The maximum absolute atomic E-state index is 12.3. The number of nitrogens with one attached hydrogen (secondary N) is 1. The summed E-state index contributed by atoms with van der Waals surface area (Å²) in [4.78, 5) is 17.9. The van der Waals surface area contributed by atoms with Gasteiger partial charge in [-0.25, -0.2) is 4.98 Å². The van der Waals surface area contributed by atoms with E-state index in [-0.39, 0.29) is 5.91 Å². The Labute approximate surface area is 122 Å². The fourth-order valence-corrected chi connectivity index (χ4v) is 3.93. The maximum atomic E-state index is 12.3. The molecule has 0 bridgehead atoms. The lowest BCUT2D eigenvalue weighted by Crippen LogP contribution is -2.25. The van der Waals surface area contributed by atoms with Gasteiger partial charge < -0.3 is 9.88 Å². The molecule has 0 radical (unpaired) electrons. The molecule has 0 spiro atoms. The first kappa shape index (κ1) is 13.4. The smallest absolute Gasteiger partial charge is 0.252 e. The topological polar surface area (TPSA) is 46.9 Å². The number of aromatic nitrogens is 2. The van der Waals surface area contributed by atoms with Crippen LogP contribution < -0.4 is 5.32 Å². The van der Waals surface area contributed by atoms with Crippen molar-refractivity contribution in [1.82, 2.24) is 14.9 Å². The summed E-state index contributed by atoms with van der Waals surface area (Å²) in [5, 5.41) is 4.98. The third kappa shape index (κ3) is 2.50. The lowest BCUT2D eigenvalue weighted by molar-refractivity contribution is 0.0949. The van der Waals surface area contributed by atoms with Crippen LogP contribution in [0.25, 0.3) is 0 Å². The Bertz CT molecular complexity index is 629. The summed E-state index contributed by atoms with van der Waals surface area (Å²) < 4.78 is 1.92. The van der Waals surface area contributed by atoms with Crippen molar-refractivity contribution < 1.29 is 4.79 Å². The summed E-state index contributed by atoms with van der Waals surface area (Å²) in [5.74, 6) is 1.64. The lowest BCUT2D eigenvalue weighted by Gasteiger charge is -2.18. The van der Waals surface area contributed by atoms with E-state index in [1.165, 1.54) is 16.9 Å². The molecule has 1 aliphatic rings. The predicted molar refractivity (Wildman–Crippen MR) is 79.9 cm³/mol. The molecule has 2 heterocycles. The Morgan fingerprint density at radius 3 is 3.20 bits per heavy atom. The van der Waals surface area contributed by atoms with Crippen molar-refractivity contribution in [2.45, 2.75) is 32.7 Å². The van der Waals surface area contributed by atoms with E-state index in [9.17, 15) is 4.79 Å². The zero-order valence-electron chi connectivity index (χ0n) is 11.8. The summed E-state index contributed by atoms with van der Waals surface area (Å²) in [5.41, 5.74) is 2.14. The summed E-state index contributed by atoms with van der Waals surface area (Å²) in [7, 11) is 1.93. The van der Waals surface area contributed by atoms with Gasteiger partial charge in [-0.3, -0.25) is 4.79 Å². The number of aryl methyl sites for hydroxylation is 1. The van der Waals surface area contributed by atoms with Crippen LogP contribution in [0, 0.1) is 5.92 Å². The van der Waals surface area contributed by atoms with Crippen LogP contribution in [0.3, 0.4) is 0 Å². The first-order chi connectivity index (χ1) is 9.65. The fraction of sp³-hybridized carbons (Fsp3) is 0.467. The number of hydrogen-bond donors (Lipinski definition) is 1. The number of carbonyl (C=O) groups excluding carboxylic acids is 1. The quantitative estimate of drug-likeness (QED) is 0.944. The number of imidazole rings is 1. The van der Waals surface area contributed by atoms with Crippen molar-refractivity contribution in [2.75, 3.05) is 0 Å². The second-order valence-corrected chi connectivity index (χ2v) is 6.50. The number of rotatable bonds is 3. The van der Waals surface area contributed by atoms with Gasteiger partial charge in [-0.15, -0.1) is 11.3 Å². The number of carbonyl (C=O) groups is 1. The molecule has 1 amide bonds. The highest BCUT2D eigenvalue weighted by molar-refractivity contribution is 7.10. The molecule has 2 aromatic heterocycles. The van der Waals surface area contributed by atoms with Crippen LogP contribution in [0.4, 0.5) is 0 Å². The molecule has 2 aromatic rings. The largest absolute Gasteiger partial charge is 0.345 e. The van der Waals surface area contributed by atoms with Gasteiger partial charge in [0.2, 0.25) is 0 Å². The van der Waals surface area contributed by atoms with Crippen LogP contribution in [0.2, 0.25) is 0 Å². The average molecular weight is 289 g/mol. The Kier molecular flexibility index (Phi) is 3.61. The van der Waals surface area contributed by atoms with Gasteiger partial charge in [-0.1, -0.05) is 6.92 Å². The number of fused-ring (bicyclic) bond motifs is 1. The first-order valence-corrected chi connectivity index (χ1v) is 7.86. The normalized spacial score (nSPS) is 17.8. The van der Waals surface area contributed by atoms with Crippen LogP contribution in [0.5, 0.6) is 0 Å². The van der Waals surface area contributed by atoms with Gasteiger partial charge in [0.05, 0.1) is 12.1 Å². The minimum atomic E-state index is 0.0278. The molecule has 5 heteroatoms. The second-order valence-electron chi connectivity index (χ2n) is 5.54. The predicted octanol–water partition coefficient (Wildman–Crippen LogP) is 2.54. The first-order valence-electron chi connectivity index (χ1n) is 6.98. The zero-order valence-corrected chi connectivity index (χ0v) is 12.7. The molecule has 1 atom stereocenters. The molecule has 1 N–H and O–H groups in total. The summed E-state index contributed by atoms with van der Waals surface area (Å²) in [6.07, 6.45) is 6.96. The highest BCUT2D eigenvalue weighted by atomic mass is 32.1. The minimum Gasteiger partial charge on any atom is -0.345 e. The SMILES string of the molecule is C[C@H]1CCc2c(C(=O)NCc3nccn3C)csc2C1. The van der Waals surface area contributed by atoms with E-state index in [2.05, 4.69) is 17.2 Å². The van der Waals surface area contributed by atoms with Crippen molar-refractivity contribution in [1.29, 1.82) is 0 Å². The molecule has 0 aliphatic heterocycles. The molecule has 1 aliphatic carbocycles. The third-order valence-electron chi connectivity index (χ3n) is 3.97. The Hall–Kier alpha value is -1.62.